The van der Waals surface area contributed by atoms with Gasteiger partial charge in [-0.3, -0.25) is 0 Å². The van der Waals surface area contributed by atoms with Crippen LogP contribution in [0.15, 0.2) is 46.9 Å². The Labute approximate surface area is 116 Å². The fraction of sp³-hybridized carbons (Fsp3) is 0.200. The number of halogens is 2. The SMILES string of the molecule is Cc1ccc(C(Cl)c2cc(Br)ccc2C)cc1. The average Bonchev–Trinajstić information content (AvgIpc) is 2.32. The topological polar surface area (TPSA) is 0 Å². The van der Waals surface area contributed by atoms with E-state index in [4.69, 9.17) is 11.6 Å². The smallest absolute Gasteiger partial charge is 0.0838 e. The second-order valence-electron chi connectivity index (χ2n) is 4.27. The molecule has 2 aromatic rings. The van der Waals surface area contributed by atoms with Gasteiger partial charge in [-0.25, -0.2) is 0 Å². The van der Waals surface area contributed by atoms with Crippen molar-refractivity contribution in [2.75, 3.05) is 0 Å². The molecule has 0 saturated carbocycles. The first-order valence-corrected chi connectivity index (χ1v) is 6.77. The van der Waals surface area contributed by atoms with Crippen molar-refractivity contribution in [2.24, 2.45) is 0 Å². The molecule has 0 amide bonds. The van der Waals surface area contributed by atoms with Gasteiger partial charge in [-0.05, 0) is 42.7 Å². The van der Waals surface area contributed by atoms with Gasteiger partial charge >= 0.3 is 0 Å². The van der Waals surface area contributed by atoms with E-state index >= 15 is 0 Å². The van der Waals surface area contributed by atoms with E-state index in [1.807, 2.05) is 6.07 Å². The van der Waals surface area contributed by atoms with Gasteiger partial charge in [0.15, 0.2) is 0 Å². The summed E-state index contributed by atoms with van der Waals surface area (Å²) in [6.07, 6.45) is 0. The summed E-state index contributed by atoms with van der Waals surface area (Å²) < 4.78 is 1.07. The third-order valence-corrected chi connectivity index (χ3v) is 3.86. The highest BCUT2D eigenvalue weighted by atomic mass is 79.9. The largest absolute Gasteiger partial charge is 0.113 e. The molecule has 1 unspecified atom stereocenters. The van der Waals surface area contributed by atoms with Gasteiger partial charge in [0.25, 0.3) is 0 Å². The van der Waals surface area contributed by atoms with Crippen LogP contribution in [0.3, 0.4) is 0 Å². The van der Waals surface area contributed by atoms with Crippen LogP contribution in [0.5, 0.6) is 0 Å². The van der Waals surface area contributed by atoms with Crippen LogP contribution in [0.2, 0.25) is 0 Å². The van der Waals surface area contributed by atoms with E-state index in [9.17, 15) is 0 Å². The van der Waals surface area contributed by atoms with Crippen LogP contribution < -0.4 is 0 Å². The van der Waals surface area contributed by atoms with Crippen molar-refractivity contribution in [3.05, 3.63) is 69.2 Å². The zero-order valence-electron chi connectivity index (χ0n) is 9.87. The molecule has 0 aliphatic heterocycles. The molecular weight excluding hydrogens is 296 g/mol. The fourth-order valence-electron chi connectivity index (χ4n) is 1.80. The summed E-state index contributed by atoms with van der Waals surface area (Å²) >= 11 is 10.0. The van der Waals surface area contributed by atoms with E-state index in [1.54, 1.807) is 0 Å². The lowest BCUT2D eigenvalue weighted by Crippen LogP contribution is -1.96. The molecule has 0 N–H and O–H groups in total. The summed E-state index contributed by atoms with van der Waals surface area (Å²) in [7, 11) is 0. The minimum atomic E-state index is -0.0897. The van der Waals surface area contributed by atoms with E-state index in [0.717, 1.165) is 15.6 Å². The molecule has 0 saturated heterocycles. The normalized spacial score (nSPS) is 12.5. The number of hydrogen-bond donors (Lipinski definition) is 0. The van der Waals surface area contributed by atoms with E-state index in [0.29, 0.717) is 0 Å². The molecular formula is C15H14BrCl. The lowest BCUT2D eigenvalue weighted by molar-refractivity contribution is 1.10. The van der Waals surface area contributed by atoms with E-state index in [-0.39, 0.29) is 5.38 Å². The van der Waals surface area contributed by atoms with Gasteiger partial charge in [-0.15, -0.1) is 11.6 Å². The zero-order valence-corrected chi connectivity index (χ0v) is 12.2. The maximum Gasteiger partial charge on any atom is 0.0838 e. The van der Waals surface area contributed by atoms with Gasteiger partial charge in [0, 0.05) is 4.47 Å². The van der Waals surface area contributed by atoms with Crippen molar-refractivity contribution in [3.63, 3.8) is 0 Å². The summed E-state index contributed by atoms with van der Waals surface area (Å²) in [5.74, 6) is 0. The molecule has 0 bridgehead atoms. The lowest BCUT2D eigenvalue weighted by atomic mass is 9.99. The van der Waals surface area contributed by atoms with E-state index < -0.39 is 0 Å². The van der Waals surface area contributed by atoms with Crippen molar-refractivity contribution >= 4 is 27.5 Å². The van der Waals surface area contributed by atoms with Crippen LogP contribution in [-0.2, 0) is 0 Å². The highest BCUT2D eigenvalue weighted by molar-refractivity contribution is 9.10. The molecule has 0 radical (unpaired) electrons. The van der Waals surface area contributed by atoms with Crippen molar-refractivity contribution in [3.8, 4) is 0 Å². The van der Waals surface area contributed by atoms with Crippen molar-refractivity contribution in [1.29, 1.82) is 0 Å². The molecule has 0 aliphatic rings. The van der Waals surface area contributed by atoms with Crippen LogP contribution in [0.25, 0.3) is 0 Å². The monoisotopic (exact) mass is 308 g/mol. The Morgan fingerprint density at radius 1 is 1.00 bits per heavy atom. The summed E-state index contributed by atoms with van der Waals surface area (Å²) in [5, 5.41) is -0.0897. The fourth-order valence-corrected chi connectivity index (χ4v) is 2.56. The number of rotatable bonds is 2. The lowest BCUT2D eigenvalue weighted by Gasteiger charge is -2.14. The number of hydrogen-bond acceptors (Lipinski definition) is 0. The van der Waals surface area contributed by atoms with Crippen molar-refractivity contribution in [2.45, 2.75) is 19.2 Å². The van der Waals surface area contributed by atoms with Gasteiger partial charge in [0.2, 0.25) is 0 Å². The molecule has 88 valence electrons. The van der Waals surface area contributed by atoms with E-state index in [2.05, 4.69) is 66.2 Å². The Kier molecular flexibility index (Phi) is 3.90. The molecule has 0 heterocycles. The van der Waals surface area contributed by atoms with Crippen LogP contribution in [-0.4, -0.2) is 0 Å². The highest BCUT2D eigenvalue weighted by Crippen LogP contribution is 2.32. The minimum absolute atomic E-state index is 0.0897. The molecule has 1 atom stereocenters. The third kappa shape index (κ3) is 2.91. The first kappa shape index (κ1) is 12.7. The second-order valence-corrected chi connectivity index (χ2v) is 5.63. The molecule has 0 fully saturated rings. The standard InChI is InChI=1S/C15H14BrCl/c1-10-3-6-12(7-4-10)15(17)14-9-13(16)8-5-11(14)2/h3-9,15H,1-2H3. The quantitative estimate of drug-likeness (QED) is 0.652. The van der Waals surface area contributed by atoms with Gasteiger partial charge in [0.1, 0.15) is 0 Å². The number of alkyl halides is 1. The molecule has 0 aromatic heterocycles. The molecule has 0 spiro atoms. The molecule has 2 heteroatoms. The average molecular weight is 310 g/mol. The van der Waals surface area contributed by atoms with Crippen molar-refractivity contribution in [1.82, 2.24) is 0 Å². The Bertz CT molecular complexity index is 517. The molecule has 17 heavy (non-hydrogen) atoms. The highest BCUT2D eigenvalue weighted by Gasteiger charge is 2.13. The maximum absolute atomic E-state index is 6.54. The van der Waals surface area contributed by atoms with Crippen LogP contribution in [0.4, 0.5) is 0 Å². The van der Waals surface area contributed by atoms with Crippen LogP contribution in [0, 0.1) is 13.8 Å². The third-order valence-electron chi connectivity index (χ3n) is 2.88. The predicted octanol–water partition coefficient (Wildman–Crippen LogP) is 5.39. The second kappa shape index (κ2) is 5.24. The minimum Gasteiger partial charge on any atom is -0.113 e. The Morgan fingerprint density at radius 3 is 2.29 bits per heavy atom. The van der Waals surface area contributed by atoms with Crippen LogP contribution in [0.1, 0.15) is 27.6 Å². The Balaban J connectivity index is 2.39. The van der Waals surface area contributed by atoms with Gasteiger partial charge in [0.05, 0.1) is 5.38 Å². The van der Waals surface area contributed by atoms with Crippen LogP contribution >= 0.6 is 27.5 Å². The first-order valence-electron chi connectivity index (χ1n) is 5.54. The molecule has 2 rings (SSSR count). The zero-order chi connectivity index (χ0) is 12.4. The predicted molar refractivity (Wildman–Crippen MR) is 77.8 cm³/mol. The number of benzene rings is 2. The maximum atomic E-state index is 6.54. The summed E-state index contributed by atoms with van der Waals surface area (Å²) in [4.78, 5) is 0. The van der Waals surface area contributed by atoms with E-state index in [1.165, 1.54) is 11.1 Å². The molecule has 0 aliphatic carbocycles. The Hall–Kier alpha value is -0.790. The van der Waals surface area contributed by atoms with Crippen molar-refractivity contribution < 1.29 is 0 Å². The summed E-state index contributed by atoms with van der Waals surface area (Å²) in [6.45, 7) is 4.17. The molecule has 2 aromatic carbocycles. The van der Waals surface area contributed by atoms with Gasteiger partial charge < -0.3 is 0 Å². The Morgan fingerprint density at radius 2 is 1.65 bits per heavy atom. The molecule has 0 nitrogen and oxygen atoms in total. The van der Waals surface area contributed by atoms with Gasteiger partial charge in [-0.1, -0.05) is 51.8 Å². The first-order chi connectivity index (χ1) is 8.08. The summed E-state index contributed by atoms with van der Waals surface area (Å²) in [6, 6.07) is 14.6. The summed E-state index contributed by atoms with van der Waals surface area (Å²) in [5.41, 5.74) is 4.76. The number of aryl methyl sites for hydroxylation is 2. The van der Waals surface area contributed by atoms with Gasteiger partial charge in [-0.2, -0.15) is 0 Å².